The third-order valence-electron chi connectivity index (χ3n) is 1.48. The largest absolute Gasteiger partial charge is 0.335 e. The SMILES string of the molecule is N#CC(F)(F)Cc1cccc(Cl)c1. The molecule has 4 heteroatoms. The van der Waals surface area contributed by atoms with Crippen molar-refractivity contribution in [2.45, 2.75) is 12.3 Å². The van der Waals surface area contributed by atoms with Gasteiger partial charge < -0.3 is 0 Å². The molecule has 0 bridgehead atoms. The highest BCUT2D eigenvalue weighted by molar-refractivity contribution is 6.30. The Kier molecular flexibility index (Phi) is 2.84. The van der Waals surface area contributed by atoms with Crippen LogP contribution in [-0.2, 0) is 6.42 Å². The Balaban J connectivity index is 2.82. The van der Waals surface area contributed by atoms with Gasteiger partial charge in [0.15, 0.2) is 0 Å². The summed E-state index contributed by atoms with van der Waals surface area (Å²) in [6.07, 6.45) is -0.593. The van der Waals surface area contributed by atoms with Crippen molar-refractivity contribution in [3.8, 4) is 6.07 Å². The number of rotatable bonds is 2. The number of alkyl halides is 2. The first kappa shape index (κ1) is 9.94. The summed E-state index contributed by atoms with van der Waals surface area (Å²) in [5.41, 5.74) is 0.360. The van der Waals surface area contributed by atoms with E-state index in [0.29, 0.717) is 10.6 Å². The van der Waals surface area contributed by atoms with E-state index in [1.54, 1.807) is 12.1 Å². The predicted octanol–water partition coefficient (Wildman–Crippen LogP) is 3.04. The quantitative estimate of drug-likeness (QED) is 0.722. The van der Waals surface area contributed by atoms with Gasteiger partial charge in [0, 0.05) is 5.02 Å². The monoisotopic (exact) mass is 201 g/mol. The van der Waals surface area contributed by atoms with Gasteiger partial charge in [0.2, 0.25) is 0 Å². The first-order valence-electron chi connectivity index (χ1n) is 3.57. The zero-order valence-electron chi connectivity index (χ0n) is 6.60. The Morgan fingerprint density at radius 3 is 2.69 bits per heavy atom. The first-order valence-corrected chi connectivity index (χ1v) is 3.95. The highest BCUT2D eigenvalue weighted by atomic mass is 35.5. The summed E-state index contributed by atoms with van der Waals surface area (Å²) in [5, 5.41) is 8.49. The van der Waals surface area contributed by atoms with E-state index in [1.807, 2.05) is 0 Å². The molecule has 0 aliphatic heterocycles. The molecule has 1 aromatic rings. The second-order valence-electron chi connectivity index (χ2n) is 2.62. The van der Waals surface area contributed by atoms with E-state index in [-0.39, 0.29) is 0 Å². The summed E-state index contributed by atoms with van der Waals surface area (Å²) < 4.78 is 25.1. The Hall–Kier alpha value is -1.14. The Morgan fingerprint density at radius 2 is 2.15 bits per heavy atom. The number of hydrogen-bond acceptors (Lipinski definition) is 1. The van der Waals surface area contributed by atoms with Gasteiger partial charge in [-0.25, -0.2) is 0 Å². The van der Waals surface area contributed by atoms with Gasteiger partial charge in [0.25, 0.3) is 0 Å². The molecule has 0 amide bonds. The van der Waals surface area contributed by atoms with Crippen LogP contribution in [-0.4, -0.2) is 5.92 Å². The van der Waals surface area contributed by atoms with Crippen LogP contribution < -0.4 is 0 Å². The lowest BCUT2D eigenvalue weighted by Gasteiger charge is -2.06. The van der Waals surface area contributed by atoms with Crippen molar-refractivity contribution in [1.82, 2.24) is 0 Å². The lowest BCUT2D eigenvalue weighted by atomic mass is 10.1. The smallest absolute Gasteiger partial charge is 0.192 e. The lowest BCUT2D eigenvalue weighted by Crippen LogP contribution is -2.16. The molecule has 1 nitrogen and oxygen atoms in total. The van der Waals surface area contributed by atoms with Crippen LogP contribution in [0.3, 0.4) is 0 Å². The minimum atomic E-state index is -3.31. The van der Waals surface area contributed by atoms with Crippen molar-refractivity contribution in [2.75, 3.05) is 0 Å². The van der Waals surface area contributed by atoms with E-state index >= 15 is 0 Å². The number of hydrogen-bond donors (Lipinski definition) is 0. The number of benzene rings is 1. The van der Waals surface area contributed by atoms with Crippen LogP contribution >= 0.6 is 11.6 Å². The van der Waals surface area contributed by atoms with Crippen LogP contribution in [0.5, 0.6) is 0 Å². The van der Waals surface area contributed by atoms with E-state index in [0.717, 1.165) is 6.07 Å². The van der Waals surface area contributed by atoms with Crippen LogP contribution in [0.2, 0.25) is 5.02 Å². The van der Waals surface area contributed by atoms with E-state index in [1.165, 1.54) is 12.1 Å². The summed E-state index contributed by atoms with van der Waals surface area (Å²) in [4.78, 5) is 0. The Labute approximate surface area is 79.6 Å². The summed E-state index contributed by atoms with van der Waals surface area (Å²) in [6.45, 7) is 0. The molecule has 0 atom stereocenters. The van der Waals surface area contributed by atoms with Gasteiger partial charge in [-0.2, -0.15) is 14.0 Å². The standard InChI is InChI=1S/C9H6ClF2N/c10-8-3-1-2-7(4-8)5-9(11,12)6-13/h1-4H,5H2. The zero-order chi connectivity index (χ0) is 9.90. The second kappa shape index (κ2) is 3.71. The van der Waals surface area contributed by atoms with Gasteiger partial charge in [0.1, 0.15) is 6.07 Å². The number of nitriles is 1. The maximum absolute atomic E-state index is 12.6. The first-order chi connectivity index (χ1) is 6.03. The molecule has 0 fully saturated rings. The van der Waals surface area contributed by atoms with Crippen molar-refractivity contribution in [3.63, 3.8) is 0 Å². The molecule has 0 aliphatic rings. The van der Waals surface area contributed by atoms with Crippen LogP contribution in [0.25, 0.3) is 0 Å². The molecule has 0 saturated heterocycles. The summed E-state index contributed by atoms with van der Waals surface area (Å²) in [7, 11) is 0. The molecule has 0 saturated carbocycles. The maximum Gasteiger partial charge on any atom is 0.335 e. The minimum absolute atomic E-state index is 0.360. The summed E-state index contributed by atoms with van der Waals surface area (Å²) >= 11 is 5.59. The van der Waals surface area contributed by atoms with Crippen molar-refractivity contribution < 1.29 is 8.78 Å². The molecule has 0 spiro atoms. The molecule has 13 heavy (non-hydrogen) atoms. The number of halogens is 3. The van der Waals surface area contributed by atoms with Gasteiger partial charge in [-0.1, -0.05) is 23.7 Å². The average molecular weight is 202 g/mol. The predicted molar refractivity (Wildman–Crippen MR) is 45.7 cm³/mol. The molecule has 0 aliphatic carbocycles. The van der Waals surface area contributed by atoms with Gasteiger partial charge in [-0.3, -0.25) is 0 Å². The molecular weight excluding hydrogens is 196 g/mol. The highest BCUT2D eigenvalue weighted by Crippen LogP contribution is 2.20. The van der Waals surface area contributed by atoms with Crippen LogP contribution in [0.1, 0.15) is 5.56 Å². The Bertz CT molecular complexity index is 344. The molecule has 0 aromatic heterocycles. The zero-order valence-corrected chi connectivity index (χ0v) is 7.35. The number of nitrogens with zero attached hydrogens (tertiary/aromatic N) is 1. The Morgan fingerprint density at radius 1 is 1.46 bits per heavy atom. The fraction of sp³-hybridized carbons (Fsp3) is 0.222. The van der Waals surface area contributed by atoms with Crippen molar-refractivity contribution >= 4 is 11.6 Å². The van der Waals surface area contributed by atoms with Gasteiger partial charge in [-0.05, 0) is 17.7 Å². The normalized spacial score (nSPS) is 10.9. The van der Waals surface area contributed by atoms with E-state index in [9.17, 15) is 8.78 Å². The molecular formula is C9H6ClF2N. The van der Waals surface area contributed by atoms with Gasteiger partial charge >= 0.3 is 5.92 Å². The fourth-order valence-corrected chi connectivity index (χ4v) is 1.16. The maximum atomic E-state index is 12.6. The molecule has 68 valence electrons. The van der Waals surface area contributed by atoms with Crippen molar-refractivity contribution in [3.05, 3.63) is 34.9 Å². The van der Waals surface area contributed by atoms with E-state index in [4.69, 9.17) is 16.9 Å². The van der Waals surface area contributed by atoms with E-state index < -0.39 is 12.3 Å². The lowest BCUT2D eigenvalue weighted by molar-refractivity contribution is 0.0646. The topological polar surface area (TPSA) is 23.8 Å². The van der Waals surface area contributed by atoms with Crippen LogP contribution in [0, 0.1) is 11.3 Å². The average Bonchev–Trinajstić information content (AvgIpc) is 2.03. The molecule has 0 unspecified atom stereocenters. The van der Waals surface area contributed by atoms with Crippen LogP contribution in [0.4, 0.5) is 8.78 Å². The third kappa shape index (κ3) is 3.00. The minimum Gasteiger partial charge on any atom is -0.192 e. The molecule has 1 aromatic carbocycles. The summed E-state index contributed by atoms with van der Waals surface area (Å²) in [5.74, 6) is -3.31. The van der Waals surface area contributed by atoms with Crippen molar-refractivity contribution in [2.24, 2.45) is 0 Å². The fourth-order valence-electron chi connectivity index (χ4n) is 0.943. The molecule has 0 N–H and O–H groups in total. The second-order valence-corrected chi connectivity index (χ2v) is 3.06. The van der Waals surface area contributed by atoms with Gasteiger partial charge in [0.05, 0.1) is 6.42 Å². The van der Waals surface area contributed by atoms with Crippen LogP contribution in [0.15, 0.2) is 24.3 Å². The highest BCUT2D eigenvalue weighted by Gasteiger charge is 2.28. The van der Waals surface area contributed by atoms with E-state index in [2.05, 4.69) is 0 Å². The van der Waals surface area contributed by atoms with Crippen molar-refractivity contribution in [1.29, 1.82) is 5.26 Å². The molecule has 0 heterocycles. The molecule has 1 rings (SSSR count). The third-order valence-corrected chi connectivity index (χ3v) is 1.71. The molecule has 0 radical (unpaired) electrons. The van der Waals surface area contributed by atoms with Gasteiger partial charge in [-0.15, -0.1) is 0 Å². The summed E-state index contributed by atoms with van der Waals surface area (Å²) in [6, 6.07) is 7.03.